The zero-order chi connectivity index (χ0) is 19.4. The summed E-state index contributed by atoms with van der Waals surface area (Å²) in [6.07, 6.45) is 1.64. The van der Waals surface area contributed by atoms with Crippen molar-refractivity contribution in [1.29, 1.82) is 0 Å². The lowest BCUT2D eigenvalue weighted by Crippen LogP contribution is -2.29. The summed E-state index contributed by atoms with van der Waals surface area (Å²) < 4.78 is 1.47. The Bertz CT molecular complexity index is 1050. The lowest BCUT2D eigenvalue weighted by molar-refractivity contribution is 0.100. The van der Waals surface area contributed by atoms with Crippen LogP contribution in [0, 0.1) is 6.92 Å². The van der Waals surface area contributed by atoms with Crippen molar-refractivity contribution in [1.82, 2.24) is 4.57 Å². The number of pyridine rings is 1. The van der Waals surface area contributed by atoms with Gasteiger partial charge in [-0.05, 0) is 36.8 Å². The number of nitrogens with one attached hydrogen (secondary N) is 1. The fourth-order valence-corrected chi connectivity index (χ4v) is 2.72. The lowest BCUT2D eigenvalue weighted by Gasteiger charge is -2.11. The summed E-state index contributed by atoms with van der Waals surface area (Å²) in [6.45, 7) is 2.35. The Morgan fingerprint density at radius 3 is 2.33 bits per heavy atom. The van der Waals surface area contributed by atoms with Crippen LogP contribution in [0.2, 0.25) is 0 Å². The van der Waals surface area contributed by atoms with E-state index in [1.807, 2.05) is 31.2 Å². The molecule has 0 spiro atoms. The lowest BCUT2D eigenvalue weighted by atomic mass is 10.1. The van der Waals surface area contributed by atoms with Crippen molar-refractivity contribution in [3.63, 3.8) is 0 Å². The molecule has 0 aliphatic carbocycles. The number of primary amides is 1. The summed E-state index contributed by atoms with van der Waals surface area (Å²) in [5.74, 6) is -1.25. The minimum Gasteiger partial charge on any atom is -0.366 e. The quantitative estimate of drug-likeness (QED) is 0.731. The second kappa shape index (κ2) is 7.70. The largest absolute Gasteiger partial charge is 0.366 e. The molecule has 0 radical (unpaired) electrons. The number of carbonyl (C=O) groups excluding carboxylic acids is 2. The number of aryl methyl sites for hydroxylation is 1. The van der Waals surface area contributed by atoms with Gasteiger partial charge in [-0.2, -0.15) is 0 Å². The van der Waals surface area contributed by atoms with Gasteiger partial charge in [0.15, 0.2) is 0 Å². The van der Waals surface area contributed by atoms with Gasteiger partial charge >= 0.3 is 0 Å². The van der Waals surface area contributed by atoms with Crippen molar-refractivity contribution in [2.24, 2.45) is 5.73 Å². The molecule has 3 N–H and O–H groups in total. The van der Waals surface area contributed by atoms with Crippen LogP contribution >= 0.6 is 0 Å². The molecule has 1 aromatic heterocycles. The number of nitrogens with two attached hydrogens (primary N) is 1. The van der Waals surface area contributed by atoms with E-state index < -0.39 is 17.4 Å². The Morgan fingerprint density at radius 2 is 1.63 bits per heavy atom. The number of aromatic nitrogens is 1. The first kappa shape index (κ1) is 18.1. The van der Waals surface area contributed by atoms with E-state index >= 15 is 0 Å². The Morgan fingerprint density at radius 1 is 0.963 bits per heavy atom. The molecule has 0 saturated carbocycles. The van der Waals surface area contributed by atoms with Crippen LogP contribution in [0.1, 0.15) is 31.8 Å². The Hall–Kier alpha value is -3.67. The number of hydrogen-bond donors (Lipinski definition) is 2. The Labute approximate surface area is 156 Å². The van der Waals surface area contributed by atoms with Gasteiger partial charge in [0.25, 0.3) is 17.4 Å². The van der Waals surface area contributed by atoms with Gasteiger partial charge in [0, 0.05) is 6.20 Å². The van der Waals surface area contributed by atoms with Crippen molar-refractivity contribution in [2.45, 2.75) is 13.5 Å². The maximum Gasteiger partial charge on any atom is 0.263 e. The Balaban J connectivity index is 1.87. The minimum absolute atomic E-state index is 0.0103. The summed E-state index contributed by atoms with van der Waals surface area (Å²) in [6, 6.07) is 17.3. The van der Waals surface area contributed by atoms with Crippen molar-refractivity contribution in [2.75, 3.05) is 5.32 Å². The molecule has 0 bridgehead atoms. The van der Waals surface area contributed by atoms with Crippen LogP contribution in [0.5, 0.6) is 0 Å². The van der Waals surface area contributed by atoms with Crippen LogP contribution in [-0.4, -0.2) is 16.4 Å². The number of nitrogens with zero attached hydrogens (tertiary/aromatic N) is 1. The molecule has 6 nitrogen and oxygen atoms in total. The first-order valence-electron chi connectivity index (χ1n) is 8.41. The topological polar surface area (TPSA) is 94.2 Å². The van der Waals surface area contributed by atoms with Crippen molar-refractivity contribution >= 4 is 17.5 Å². The molecule has 2 aromatic carbocycles. The zero-order valence-electron chi connectivity index (χ0n) is 14.8. The van der Waals surface area contributed by atoms with Gasteiger partial charge in [-0.25, -0.2) is 0 Å². The van der Waals surface area contributed by atoms with Crippen LogP contribution in [0.15, 0.2) is 71.7 Å². The van der Waals surface area contributed by atoms with Crippen molar-refractivity contribution in [3.8, 4) is 0 Å². The van der Waals surface area contributed by atoms with Crippen molar-refractivity contribution in [3.05, 3.63) is 99.5 Å². The summed E-state index contributed by atoms with van der Waals surface area (Å²) in [5, 5.41) is 2.59. The van der Waals surface area contributed by atoms with Gasteiger partial charge in [-0.1, -0.05) is 42.0 Å². The highest BCUT2D eigenvalue weighted by Gasteiger charge is 2.15. The number of hydrogen-bond acceptors (Lipinski definition) is 3. The van der Waals surface area contributed by atoms with Gasteiger partial charge in [0.2, 0.25) is 0 Å². The predicted octanol–water partition coefficient (Wildman–Crippen LogP) is 2.56. The van der Waals surface area contributed by atoms with Gasteiger partial charge in [0.1, 0.15) is 5.56 Å². The zero-order valence-corrected chi connectivity index (χ0v) is 14.8. The second-order valence-corrected chi connectivity index (χ2v) is 6.20. The second-order valence-electron chi connectivity index (χ2n) is 6.20. The van der Waals surface area contributed by atoms with Gasteiger partial charge in [0.05, 0.1) is 17.8 Å². The first-order chi connectivity index (χ1) is 13.0. The Kier molecular flexibility index (Phi) is 5.17. The first-order valence-corrected chi connectivity index (χ1v) is 8.41. The number of amides is 2. The molecule has 0 saturated heterocycles. The summed E-state index contributed by atoms with van der Waals surface area (Å²) >= 11 is 0. The maximum atomic E-state index is 12.7. The molecule has 6 heteroatoms. The number of anilines is 1. The fraction of sp³-hybridized carbons (Fsp3) is 0.0952. The molecule has 0 fully saturated rings. The van der Waals surface area contributed by atoms with E-state index in [1.54, 1.807) is 30.5 Å². The molecule has 136 valence electrons. The average Bonchev–Trinajstić information content (AvgIpc) is 2.65. The number of rotatable bonds is 5. The van der Waals surface area contributed by atoms with E-state index in [0.29, 0.717) is 6.54 Å². The molecular formula is C21H19N3O3. The fourth-order valence-electron chi connectivity index (χ4n) is 2.72. The van der Waals surface area contributed by atoms with E-state index in [0.717, 1.165) is 11.1 Å². The van der Waals surface area contributed by atoms with Gasteiger partial charge in [-0.15, -0.1) is 0 Å². The van der Waals surface area contributed by atoms with Crippen LogP contribution in [0.4, 0.5) is 5.69 Å². The highest BCUT2D eigenvalue weighted by molar-refractivity contribution is 6.08. The molecule has 0 aliphatic heterocycles. The molecule has 1 heterocycles. The molecule has 3 rings (SSSR count). The van der Waals surface area contributed by atoms with E-state index in [1.165, 1.54) is 16.7 Å². The van der Waals surface area contributed by atoms with E-state index in [4.69, 9.17) is 5.73 Å². The highest BCUT2D eigenvalue weighted by Crippen LogP contribution is 2.15. The number of para-hydroxylation sites is 1. The molecule has 27 heavy (non-hydrogen) atoms. The summed E-state index contributed by atoms with van der Waals surface area (Å²) in [5.41, 5.74) is 7.44. The molecule has 0 atom stereocenters. The third-order valence-electron chi connectivity index (χ3n) is 4.18. The average molecular weight is 361 g/mol. The van der Waals surface area contributed by atoms with Crippen LogP contribution in [0.3, 0.4) is 0 Å². The predicted molar refractivity (Wildman–Crippen MR) is 104 cm³/mol. The van der Waals surface area contributed by atoms with E-state index in [2.05, 4.69) is 5.32 Å². The van der Waals surface area contributed by atoms with Crippen LogP contribution < -0.4 is 16.6 Å². The smallest absolute Gasteiger partial charge is 0.263 e. The summed E-state index contributed by atoms with van der Waals surface area (Å²) in [7, 11) is 0. The SMILES string of the molecule is Cc1ccc(Cn2cccc(C(=O)Nc3ccccc3C(N)=O)c2=O)cc1. The minimum atomic E-state index is -0.657. The summed E-state index contributed by atoms with van der Waals surface area (Å²) in [4.78, 5) is 36.8. The third kappa shape index (κ3) is 4.12. The van der Waals surface area contributed by atoms with Gasteiger partial charge in [-0.3, -0.25) is 14.4 Å². The highest BCUT2D eigenvalue weighted by atomic mass is 16.2. The standard InChI is InChI=1S/C21H19N3O3/c1-14-8-10-15(11-9-14)13-24-12-4-6-17(21(24)27)20(26)23-18-7-3-2-5-16(18)19(22)25/h2-12H,13H2,1H3,(H2,22,25)(H,23,26). The van der Waals surface area contributed by atoms with E-state index in [-0.39, 0.29) is 16.8 Å². The molecule has 0 aliphatic rings. The van der Waals surface area contributed by atoms with E-state index in [9.17, 15) is 14.4 Å². The number of benzene rings is 2. The number of carbonyl (C=O) groups is 2. The normalized spacial score (nSPS) is 10.4. The van der Waals surface area contributed by atoms with Crippen molar-refractivity contribution < 1.29 is 9.59 Å². The monoisotopic (exact) mass is 361 g/mol. The van der Waals surface area contributed by atoms with Crippen LogP contribution in [-0.2, 0) is 6.54 Å². The third-order valence-corrected chi connectivity index (χ3v) is 4.18. The molecule has 0 unspecified atom stereocenters. The van der Waals surface area contributed by atoms with Crippen LogP contribution in [0.25, 0.3) is 0 Å². The maximum absolute atomic E-state index is 12.7. The van der Waals surface area contributed by atoms with Gasteiger partial charge < -0.3 is 15.6 Å². The molecule has 2 amide bonds. The molecule has 3 aromatic rings. The molecular weight excluding hydrogens is 342 g/mol.